The Balaban J connectivity index is 2.15. The summed E-state index contributed by atoms with van der Waals surface area (Å²) in [5.74, 6) is -1.39. The first-order chi connectivity index (χ1) is 20.5. The molecule has 0 aromatic heterocycles. The lowest BCUT2D eigenvalue weighted by Crippen LogP contribution is -2.54. The van der Waals surface area contributed by atoms with E-state index >= 15 is 0 Å². The number of carbonyl (C=O) groups excluding carboxylic acids is 2. The Labute approximate surface area is 269 Å². The average Bonchev–Trinajstić information content (AvgIpc) is 2.94. The van der Waals surface area contributed by atoms with Gasteiger partial charge in [0.2, 0.25) is 21.8 Å². The molecule has 0 aliphatic carbocycles. The second-order valence-electron chi connectivity index (χ2n) is 10.2. The highest BCUT2D eigenvalue weighted by Gasteiger charge is 2.36. The number of hydrogen-bond acceptors (Lipinski definition) is 4. The molecule has 0 aliphatic rings. The van der Waals surface area contributed by atoms with Crippen LogP contribution in [0.4, 0.5) is 18.9 Å². The number of hydrogen-bond donors (Lipinski definition) is 1. The Kier molecular flexibility index (Phi) is 12.0. The van der Waals surface area contributed by atoms with E-state index in [1.807, 2.05) is 6.92 Å². The number of anilines is 1. The van der Waals surface area contributed by atoms with Gasteiger partial charge in [0.25, 0.3) is 0 Å². The Bertz CT molecular complexity index is 1590. The molecule has 3 aromatic rings. The van der Waals surface area contributed by atoms with Crippen LogP contribution < -0.4 is 9.62 Å². The van der Waals surface area contributed by atoms with Crippen LogP contribution in [0.25, 0.3) is 0 Å². The van der Waals surface area contributed by atoms with Crippen LogP contribution in [0.2, 0.25) is 15.1 Å². The van der Waals surface area contributed by atoms with Gasteiger partial charge in [-0.25, -0.2) is 8.42 Å². The first-order valence-corrected chi connectivity index (χ1v) is 16.4. The summed E-state index contributed by atoms with van der Waals surface area (Å²) in [4.78, 5) is 29.0. The molecule has 0 saturated heterocycles. The molecule has 14 heteroatoms. The average molecular weight is 693 g/mol. The smallest absolute Gasteiger partial charge is 0.352 e. The molecule has 2 atom stereocenters. The van der Waals surface area contributed by atoms with Crippen LogP contribution in [-0.2, 0) is 38.8 Å². The molecule has 3 aromatic carbocycles. The number of halogens is 6. The molecule has 0 unspecified atom stereocenters. The van der Waals surface area contributed by atoms with Gasteiger partial charge in [0, 0.05) is 29.1 Å². The molecule has 0 spiro atoms. The zero-order chi connectivity index (χ0) is 32.8. The van der Waals surface area contributed by atoms with E-state index in [0.717, 1.165) is 12.3 Å². The molecule has 0 radical (unpaired) electrons. The number of benzene rings is 3. The van der Waals surface area contributed by atoms with Crippen molar-refractivity contribution in [3.05, 3.63) is 98.5 Å². The summed E-state index contributed by atoms with van der Waals surface area (Å²) in [6.45, 7) is 2.47. The second kappa shape index (κ2) is 14.9. The fraction of sp³-hybridized carbons (Fsp3) is 0.333. The van der Waals surface area contributed by atoms with Crippen molar-refractivity contribution in [1.29, 1.82) is 0 Å². The summed E-state index contributed by atoms with van der Waals surface area (Å²) in [5.41, 5.74) is -0.581. The lowest BCUT2D eigenvalue weighted by molar-refractivity contribution is -0.140. The Morgan fingerprint density at radius 1 is 0.955 bits per heavy atom. The van der Waals surface area contributed by atoms with E-state index in [1.54, 1.807) is 49.4 Å². The molecule has 1 N–H and O–H groups in total. The monoisotopic (exact) mass is 691 g/mol. The fourth-order valence-corrected chi connectivity index (χ4v) is 5.89. The molecule has 3 rings (SSSR count). The predicted molar refractivity (Wildman–Crippen MR) is 167 cm³/mol. The van der Waals surface area contributed by atoms with Crippen LogP contribution in [0.3, 0.4) is 0 Å². The third kappa shape index (κ3) is 9.50. The third-order valence-electron chi connectivity index (χ3n) is 6.85. The summed E-state index contributed by atoms with van der Waals surface area (Å²) < 4.78 is 67.0. The zero-order valence-corrected chi connectivity index (χ0v) is 27.1. The number of alkyl halides is 3. The van der Waals surface area contributed by atoms with Crippen LogP contribution in [0.15, 0.2) is 66.7 Å². The van der Waals surface area contributed by atoms with Crippen molar-refractivity contribution in [3.63, 3.8) is 0 Å². The van der Waals surface area contributed by atoms with Gasteiger partial charge in [-0.3, -0.25) is 13.9 Å². The van der Waals surface area contributed by atoms with Crippen molar-refractivity contribution in [2.24, 2.45) is 0 Å². The lowest BCUT2D eigenvalue weighted by atomic mass is 10.0. The number of amides is 2. The topological polar surface area (TPSA) is 86.8 Å². The number of sulfonamides is 1. The molecule has 0 bridgehead atoms. The molecule has 44 heavy (non-hydrogen) atoms. The van der Waals surface area contributed by atoms with Gasteiger partial charge >= 0.3 is 6.18 Å². The maximum atomic E-state index is 14.1. The summed E-state index contributed by atoms with van der Waals surface area (Å²) in [6.07, 6.45) is -3.42. The van der Waals surface area contributed by atoms with Gasteiger partial charge in [0.1, 0.15) is 12.6 Å². The largest absolute Gasteiger partial charge is 0.416 e. The summed E-state index contributed by atoms with van der Waals surface area (Å²) in [5, 5.41) is 3.08. The van der Waals surface area contributed by atoms with Crippen molar-refractivity contribution in [3.8, 4) is 0 Å². The van der Waals surface area contributed by atoms with Crippen LogP contribution in [-0.4, -0.2) is 50.0 Å². The van der Waals surface area contributed by atoms with E-state index in [2.05, 4.69) is 5.32 Å². The maximum Gasteiger partial charge on any atom is 0.416 e. The van der Waals surface area contributed by atoms with E-state index in [1.165, 1.54) is 11.0 Å². The second-order valence-corrected chi connectivity index (χ2v) is 13.4. The van der Waals surface area contributed by atoms with Gasteiger partial charge < -0.3 is 10.2 Å². The number of rotatable bonds is 12. The Hall–Kier alpha value is -2.99. The van der Waals surface area contributed by atoms with Gasteiger partial charge in [-0.2, -0.15) is 13.2 Å². The first kappa shape index (κ1) is 35.5. The SMILES string of the molecule is CC[C@H](C)NC(=O)[C@H](Cc1ccccc1)N(Cc1ccc(Cl)cc1Cl)C(=O)CN(c1cc(C(F)(F)F)ccc1Cl)S(C)(=O)=O. The highest BCUT2D eigenvalue weighted by molar-refractivity contribution is 7.92. The van der Waals surface area contributed by atoms with Crippen molar-refractivity contribution < 1.29 is 31.2 Å². The van der Waals surface area contributed by atoms with E-state index in [-0.39, 0.29) is 29.1 Å². The molecular formula is C30H31Cl3F3N3O4S. The first-order valence-electron chi connectivity index (χ1n) is 13.4. The minimum absolute atomic E-state index is 0.0449. The van der Waals surface area contributed by atoms with Gasteiger partial charge in [-0.1, -0.05) is 78.1 Å². The normalized spacial score (nSPS) is 13.2. The fourth-order valence-electron chi connectivity index (χ4n) is 4.30. The van der Waals surface area contributed by atoms with Crippen LogP contribution in [0.1, 0.15) is 37.0 Å². The van der Waals surface area contributed by atoms with E-state index in [0.29, 0.717) is 39.0 Å². The zero-order valence-electron chi connectivity index (χ0n) is 24.0. The molecule has 0 saturated carbocycles. The van der Waals surface area contributed by atoms with Crippen molar-refractivity contribution >= 4 is 62.3 Å². The summed E-state index contributed by atoms with van der Waals surface area (Å²) in [6, 6.07) is 14.2. The molecule has 238 valence electrons. The van der Waals surface area contributed by atoms with Crippen LogP contribution in [0, 0.1) is 0 Å². The van der Waals surface area contributed by atoms with E-state index in [9.17, 15) is 31.2 Å². The van der Waals surface area contributed by atoms with Gasteiger partial charge in [-0.15, -0.1) is 0 Å². The summed E-state index contributed by atoms with van der Waals surface area (Å²) >= 11 is 18.7. The third-order valence-corrected chi connectivity index (χ3v) is 8.88. The Morgan fingerprint density at radius 3 is 2.18 bits per heavy atom. The standard InChI is InChI=1S/C30H31Cl3F3N3O4S/c1-4-19(2)37-29(41)27(14-20-8-6-5-7-9-20)38(17-21-10-12-23(31)16-25(21)33)28(40)18-39(44(3,42)43)26-15-22(30(34,35)36)11-13-24(26)32/h5-13,15-16,19,27H,4,14,17-18H2,1-3H3,(H,37,41)/t19-,27-/m0/s1. The predicted octanol–water partition coefficient (Wildman–Crippen LogP) is 6.99. The van der Waals surface area contributed by atoms with Gasteiger partial charge in [-0.05, 0) is 54.8 Å². The quantitative estimate of drug-likeness (QED) is 0.222. The number of carbonyl (C=O) groups is 2. The van der Waals surface area contributed by atoms with Gasteiger partial charge in [0.15, 0.2) is 0 Å². The summed E-state index contributed by atoms with van der Waals surface area (Å²) in [7, 11) is -4.36. The van der Waals surface area contributed by atoms with Crippen molar-refractivity contribution in [2.75, 3.05) is 17.1 Å². The van der Waals surface area contributed by atoms with Crippen LogP contribution in [0.5, 0.6) is 0 Å². The van der Waals surface area contributed by atoms with Crippen molar-refractivity contribution in [2.45, 2.75) is 51.5 Å². The number of nitrogens with one attached hydrogen (secondary N) is 1. The molecule has 0 heterocycles. The molecule has 0 fully saturated rings. The Morgan fingerprint density at radius 2 is 1.61 bits per heavy atom. The maximum absolute atomic E-state index is 14.1. The van der Waals surface area contributed by atoms with Gasteiger partial charge in [0.05, 0.1) is 22.5 Å². The molecule has 0 aliphatic heterocycles. The molecule has 2 amide bonds. The van der Waals surface area contributed by atoms with E-state index < -0.39 is 51.9 Å². The minimum atomic E-state index is -4.81. The lowest BCUT2D eigenvalue weighted by Gasteiger charge is -2.34. The van der Waals surface area contributed by atoms with E-state index in [4.69, 9.17) is 34.8 Å². The van der Waals surface area contributed by atoms with Crippen molar-refractivity contribution in [1.82, 2.24) is 10.2 Å². The number of nitrogens with zero attached hydrogens (tertiary/aromatic N) is 2. The highest BCUT2D eigenvalue weighted by Crippen LogP contribution is 2.36. The highest BCUT2D eigenvalue weighted by atomic mass is 35.5. The van der Waals surface area contributed by atoms with Crippen LogP contribution >= 0.6 is 34.8 Å². The molecule has 7 nitrogen and oxygen atoms in total. The molecular weight excluding hydrogens is 662 g/mol. The minimum Gasteiger partial charge on any atom is -0.352 e.